The third-order valence-corrected chi connectivity index (χ3v) is 7.05. The Morgan fingerprint density at radius 3 is 2.45 bits per heavy atom. The van der Waals surface area contributed by atoms with Gasteiger partial charge in [-0.25, -0.2) is 18.1 Å². The number of alkyl halides is 3. The zero-order valence-corrected chi connectivity index (χ0v) is 19.2. The van der Waals surface area contributed by atoms with E-state index in [0.29, 0.717) is 0 Å². The summed E-state index contributed by atoms with van der Waals surface area (Å²) in [6, 6.07) is 15.9. The lowest BCUT2D eigenvalue weighted by Crippen LogP contribution is -2.42. The van der Waals surface area contributed by atoms with Gasteiger partial charge in [0, 0.05) is 6.54 Å². The molecule has 0 saturated carbocycles. The summed E-state index contributed by atoms with van der Waals surface area (Å²) >= 11 is 1.48. The van der Waals surface area contributed by atoms with E-state index < -0.39 is 27.5 Å². The fraction of sp³-hybridized carbons (Fsp3) is 0.286. The van der Waals surface area contributed by atoms with Crippen molar-refractivity contribution >= 4 is 31.6 Å². The topological polar surface area (TPSA) is 98.0 Å². The van der Waals surface area contributed by atoms with Gasteiger partial charge in [0.05, 0.1) is 22.1 Å². The van der Waals surface area contributed by atoms with Crippen molar-refractivity contribution < 1.29 is 26.0 Å². The van der Waals surface area contributed by atoms with Crippen molar-refractivity contribution in [2.24, 2.45) is 0 Å². The Labute approximate surface area is 191 Å². The molecule has 0 amide bonds. The van der Waals surface area contributed by atoms with E-state index in [1.165, 1.54) is 25.2 Å². The summed E-state index contributed by atoms with van der Waals surface area (Å²) < 4.78 is 68.4. The molecule has 7 nitrogen and oxygen atoms in total. The van der Waals surface area contributed by atoms with Gasteiger partial charge < -0.3 is 4.42 Å². The van der Waals surface area contributed by atoms with Crippen LogP contribution in [0.15, 0.2) is 52.9 Å². The zero-order chi connectivity index (χ0) is 23.9. The van der Waals surface area contributed by atoms with E-state index in [0.717, 1.165) is 26.4 Å². The largest absolute Gasteiger partial charge is 0.511 e. The predicted octanol–water partition coefficient (Wildman–Crippen LogP) is 4.65. The Morgan fingerprint density at radius 2 is 1.76 bits per heavy atom. The first-order chi connectivity index (χ1) is 15.4. The molecule has 2 aromatic carbocycles. The van der Waals surface area contributed by atoms with Crippen molar-refractivity contribution in [2.75, 3.05) is 6.54 Å². The van der Waals surface area contributed by atoms with E-state index in [1.807, 2.05) is 42.5 Å². The number of hydrogen-bond donors (Lipinski definition) is 1. The van der Waals surface area contributed by atoms with Crippen LogP contribution in [-0.4, -0.2) is 35.7 Å². The molecule has 0 radical (unpaired) electrons. The van der Waals surface area contributed by atoms with Gasteiger partial charge >= 0.3 is 15.5 Å². The highest BCUT2D eigenvalue weighted by Gasteiger charge is 2.46. The molecule has 1 N–H and O–H groups in total. The molecule has 174 valence electrons. The highest BCUT2D eigenvalue weighted by atomic mass is 32.2. The molecule has 0 saturated heterocycles. The second kappa shape index (κ2) is 8.50. The quantitative estimate of drug-likeness (QED) is 0.400. The first-order valence-corrected chi connectivity index (χ1v) is 12.1. The van der Waals surface area contributed by atoms with E-state index in [2.05, 4.69) is 21.2 Å². The van der Waals surface area contributed by atoms with Crippen LogP contribution in [0.3, 0.4) is 0 Å². The minimum absolute atomic E-state index is 0.0230. The van der Waals surface area contributed by atoms with Crippen LogP contribution >= 0.6 is 11.3 Å². The molecule has 2 aromatic heterocycles. The second-order valence-corrected chi connectivity index (χ2v) is 10.9. The van der Waals surface area contributed by atoms with Crippen LogP contribution in [0.4, 0.5) is 13.2 Å². The van der Waals surface area contributed by atoms with Crippen molar-refractivity contribution in [3.63, 3.8) is 0 Å². The fourth-order valence-corrected chi connectivity index (χ4v) is 4.73. The van der Waals surface area contributed by atoms with Gasteiger partial charge in [-0.2, -0.15) is 13.2 Å². The second-order valence-electron chi connectivity index (χ2n) is 7.99. The molecule has 0 bridgehead atoms. The minimum atomic E-state index is -5.47. The molecule has 4 aromatic rings. The number of fused-ring (bicyclic) bond motifs is 1. The van der Waals surface area contributed by atoms with Gasteiger partial charge in [-0.15, -0.1) is 21.5 Å². The number of benzene rings is 2. The SMILES string of the molecule is CC(C)(CNS(=O)(=O)C(F)(F)F)c1nnc(Cc2nc3ccc(-c4ccccc4)cc3s2)o1. The number of thiazole rings is 1. The molecular formula is C21H19F3N4O3S2. The summed E-state index contributed by atoms with van der Waals surface area (Å²) in [5.41, 5.74) is -3.55. The summed E-state index contributed by atoms with van der Waals surface area (Å²) in [6.07, 6.45) is 0.247. The van der Waals surface area contributed by atoms with Gasteiger partial charge in [-0.05, 0) is 37.1 Å². The Kier molecular flexibility index (Phi) is 6.01. The average molecular weight is 497 g/mol. The lowest BCUT2D eigenvalue weighted by Gasteiger charge is -2.20. The molecule has 0 unspecified atom stereocenters. The number of halogens is 3. The van der Waals surface area contributed by atoms with E-state index >= 15 is 0 Å². The predicted molar refractivity (Wildman–Crippen MR) is 118 cm³/mol. The maximum Gasteiger partial charge on any atom is 0.511 e. The zero-order valence-electron chi connectivity index (χ0n) is 17.5. The smallest absolute Gasteiger partial charge is 0.424 e. The van der Waals surface area contributed by atoms with E-state index in [1.54, 1.807) is 4.72 Å². The average Bonchev–Trinajstić information content (AvgIpc) is 3.39. The number of nitrogens with zero attached hydrogens (tertiary/aromatic N) is 3. The number of hydrogen-bond acceptors (Lipinski definition) is 7. The lowest BCUT2D eigenvalue weighted by atomic mass is 9.94. The molecule has 0 aliphatic carbocycles. The normalized spacial score (nSPS) is 13.0. The standard InChI is InChI=1S/C21H19F3N4O3S2/c1-20(2,12-25-33(29,30)21(22,23)24)19-28-27-17(31-19)11-18-26-15-9-8-14(10-16(15)32-18)13-6-4-3-5-7-13/h3-10,25H,11-12H2,1-2H3. The van der Waals surface area contributed by atoms with Crippen LogP contribution in [0, 0.1) is 0 Å². The fourth-order valence-electron chi connectivity index (χ4n) is 3.02. The summed E-state index contributed by atoms with van der Waals surface area (Å²) in [6.45, 7) is 2.46. The molecule has 0 atom stereocenters. The molecule has 33 heavy (non-hydrogen) atoms. The van der Waals surface area contributed by atoms with Gasteiger partial charge in [0.15, 0.2) is 0 Å². The summed E-state index contributed by atoms with van der Waals surface area (Å²) in [5, 5.41) is 8.59. The summed E-state index contributed by atoms with van der Waals surface area (Å²) in [5.74, 6) is 0.258. The van der Waals surface area contributed by atoms with E-state index in [-0.39, 0.29) is 18.2 Å². The van der Waals surface area contributed by atoms with Gasteiger partial charge in [0.1, 0.15) is 5.01 Å². The third-order valence-electron chi connectivity index (χ3n) is 4.90. The number of nitrogens with one attached hydrogen (secondary N) is 1. The Bertz CT molecular complexity index is 1380. The highest BCUT2D eigenvalue weighted by Crippen LogP contribution is 2.30. The first-order valence-electron chi connectivity index (χ1n) is 9.78. The van der Waals surface area contributed by atoms with Crippen LogP contribution in [0.2, 0.25) is 0 Å². The summed E-state index contributed by atoms with van der Waals surface area (Å²) in [7, 11) is -5.47. The monoisotopic (exact) mass is 496 g/mol. The van der Waals surface area contributed by atoms with Crippen molar-refractivity contribution in [1.82, 2.24) is 19.9 Å². The Hall–Kier alpha value is -2.83. The van der Waals surface area contributed by atoms with E-state index in [9.17, 15) is 21.6 Å². The summed E-state index contributed by atoms with van der Waals surface area (Å²) in [4.78, 5) is 4.58. The number of aromatic nitrogens is 3. The van der Waals surface area contributed by atoms with Crippen LogP contribution in [0.5, 0.6) is 0 Å². The van der Waals surface area contributed by atoms with E-state index in [4.69, 9.17) is 4.42 Å². The molecule has 4 rings (SSSR count). The van der Waals surface area contributed by atoms with Crippen molar-refractivity contribution in [1.29, 1.82) is 0 Å². The molecule has 2 heterocycles. The van der Waals surface area contributed by atoms with Crippen molar-refractivity contribution in [2.45, 2.75) is 31.2 Å². The van der Waals surface area contributed by atoms with Crippen LogP contribution < -0.4 is 4.72 Å². The highest BCUT2D eigenvalue weighted by molar-refractivity contribution is 7.90. The maximum atomic E-state index is 12.6. The molecule has 12 heteroatoms. The Morgan fingerprint density at radius 1 is 1.03 bits per heavy atom. The van der Waals surface area contributed by atoms with Gasteiger partial charge in [-0.3, -0.25) is 0 Å². The molecule has 0 spiro atoms. The number of rotatable bonds is 7. The Balaban J connectivity index is 1.49. The third kappa shape index (κ3) is 5.07. The van der Waals surface area contributed by atoms with Gasteiger partial charge in [0.2, 0.25) is 11.8 Å². The lowest BCUT2D eigenvalue weighted by molar-refractivity contribution is -0.0448. The maximum absolute atomic E-state index is 12.6. The first kappa shape index (κ1) is 23.3. The van der Waals surface area contributed by atoms with Crippen molar-refractivity contribution in [3.05, 3.63) is 65.3 Å². The van der Waals surface area contributed by atoms with Crippen LogP contribution in [-0.2, 0) is 21.9 Å². The molecule has 0 aliphatic rings. The van der Waals surface area contributed by atoms with Gasteiger partial charge in [0.25, 0.3) is 0 Å². The molecule has 0 aliphatic heterocycles. The van der Waals surface area contributed by atoms with Gasteiger partial charge in [-0.1, -0.05) is 36.4 Å². The van der Waals surface area contributed by atoms with Crippen LogP contribution in [0.25, 0.3) is 21.3 Å². The molecular weight excluding hydrogens is 477 g/mol. The van der Waals surface area contributed by atoms with Crippen molar-refractivity contribution in [3.8, 4) is 11.1 Å². The van der Waals surface area contributed by atoms with Crippen LogP contribution in [0.1, 0.15) is 30.6 Å². The minimum Gasteiger partial charge on any atom is -0.424 e. The molecule has 0 fully saturated rings. The number of sulfonamides is 1.